The average Bonchev–Trinajstić information content (AvgIpc) is 3.11. The van der Waals surface area contributed by atoms with Crippen LogP contribution in [0.4, 0.5) is 14.5 Å². The van der Waals surface area contributed by atoms with Crippen LogP contribution in [0, 0.1) is 17.0 Å². The molecule has 0 unspecified atom stereocenters. The van der Waals surface area contributed by atoms with Gasteiger partial charge < -0.3 is 10.6 Å². The third kappa shape index (κ3) is 3.37. The van der Waals surface area contributed by atoms with E-state index in [4.69, 9.17) is 0 Å². The summed E-state index contributed by atoms with van der Waals surface area (Å²) < 4.78 is 26.4. The topological polar surface area (TPSA) is 58.2 Å². The zero-order valence-corrected chi connectivity index (χ0v) is 12.2. The minimum atomic E-state index is -1.14. The molecule has 0 saturated heterocycles. The Morgan fingerprint density at radius 3 is 2.24 bits per heavy atom. The summed E-state index contributed by atoms with van der Waals surface area (Å²) in [5, 5.41) is 5.12. The summed E-state index contributed by atoms with van der Waals surface area (Å²) in [6.45, 7) is 5.45. The van der Waals surface area contributed by atoms with Gasteiger partial charge in [0, 0.05) is 11.6 Å². The van der Waals surface area contributed by atoms with Gasteiger partial charge in [0.15, 0.2) is 0 Å². The van der Waals surface area contributed by atoms with Gasteiger partial charge in [-0.2, -0.15) is 0 Å². The van der Waals surface area contributed by atoms with E-state index in [1.165, 1.54) is 0 Å². The maximum atomic E-state index is 13.5. The van der Waals surface area contributed by atoms with Gasteiger partial charge in [-0.15, -0.1) is 0 Å². The quantitative estimate of drug-likeness (QED) is 0.842. The van der Waals surface area contributed by atoms with E-state index in [1.54, 1.807) is 0 Å². The van der Waals surface area contributed by atoms with Crippen molar-refractivity contribution in [3.05, 3.63) is 29.8 Å². The lowest BCUT2D eigenvalue weighted by atomic mass is 10.0. The smallest absolute Gasteiger partial charge is 0.240 e. The molecule has 1 aromatic carbocycles. The summed E-state index contributed by atoms with van der Waals surface area (Å²) in [7, 11) is 0. The minimum absolute atomic E-state index is 0.128. The summed E-state index contributed by atoms with van der Waals surface area (Å²) in [4.78, 5) is 24.4. The highest BCUT2D eigenvalue weighted by Gasteiger charge is 2.57. The highest BCUT2D eigenvalue weighted by molar-refractivity contribution is 6.13. The molecule has 2 N–H and O–H groups in total. The third-order valence-electron chi connectivity index (χ3n) is 3.29. The van der Waals surface area contributed by atoms with Crippen LogP contribution >= 0.6 is 0 Å². The zero-order valence-electron chi connectivity index (χ0n) is 12.2. The molecular formula is C15H18F2N2O2. The molecule has 1 fully saturated rings. The van der Waals surface area contributed by atoms with Crippen LogP contribution in [0.3, 0.4) is 0 Å². The summed E-state index contributed by atoms with van der Waals surface area (Å²) in [6.07, 6.45) is 0.840. The fraction of sp³-hybridized carbons (Fsp3) is 0.467. The number of hydrogen-bond acceptors (Lipinski definition) is 2. The Labute approximate surface area is 121 Å². The molecule has 1 aliphatic carbocycles. The van der Waals surface area contributed by atoms with Crippen molar-refractivity contribution in [2.24, 2.45) is 5.41 Å². The molecule has 0 atom stereocenters. The third-order valence-corrected chi connectivity index (χ3v) is 3.29. The van der Waals surface area contributed by atoms with Crippen LogP contribution in [0.15, 0.2) is 18.2 Å². The molecule has 21 heavy (non-hydrogen) atoms. The lowest BCUT2D eigenvalue weighted by Gasteiger charge is -2.24. The van der Waals surface area contributed by atoms with Crippen molar-refractivity contribution in [3.8, 4) is 0 Å². The van der Waals surface area contributed by atoms with Gasteiger partial charge in [0.1, 0.15) is 17.0 Å². The van der Waals surface area contributed by atoms with Gasteiger partial charge in [-0.05, 0) is 45.7 Å². The molecule has 114 valence electrons. The van der Waals surface area contributed by atoms with Gasteiger partial charge in [-0.25, -0.2) is 8.78 Å². The average molecular weight is 296 g/mol. The maximum absolute atomic E-state index is 13.5. The van der Waals surface area contributed by atoms with Crippen LogP contribution in [-0.4, -0.2) is 17.4 Å². The molecular weight excluding hydrogens is 278 g/mol. The number of carbonyl (C=O) groups is 2. The molecule has 0 spiro atoms. The van der Waals surface area contributed by atoms with Crippen LogP contribution in [0.25, 0.3) is 0 Å². The molecule has 0 radical (unpaired) electrons. The number of carbonyl (C=O) groups excluding carboxylic acids is 2. The number of rotatable bonds is 3. The van der Waals surface area contributed by atoms with E-state index in [2.05, 4.69) is 10.6 Å². The largest absolute Gasteiger partial charge is 0.351 e. The second kappa shape index (κ2) is 5.09. The van der Waals surface area contributed by atoms with E-state index in [1.807, 2.05) is 20.8 Å². The molecule has 0 heterocycles. The highest BCUT2D eigenvalue weighted by Crippen LogP contribution is 2.47. The Kier molecular flexibility index (Phi) is 3.74. The first-order chi connectivity index (χ1) is 9.64. The minimum Gasteiger partial charge on any atom is -0.351 e. The molecule has 4 nitrogen and oxygen atoms in total. The molecule has 0 bridgehead atoms. The molecule has 2 rings (SSSR count). The van der Waals surface area contributed by atoms with Crippen molar-refractivity contribution in [3.63, 3.8) is 0 Å². The van der Waals surface area contributed by atoms with Crippen LogP contribution in [0.5, 0.6) is 0 Å². The second-order valence-corrected chi connectivity index (χ2v) is 6.36. The van der Waals surface area contributed by atoms with Crippen LogP contribution in [-0.2, 0) is 9.59 Å². The van der Waals surface area contributed by atoms with Crippen molar-refractivity contribution in [2.75, 3.05) is 5.32 Å². The summed E-state index contributed by atoms with van der Waals surface area (Å²) >= 11 is 0. The molecule has 1 aromatic rings. The predicted molar refractivity (Wildman–Crippen MR) is 74.6 cm³/mol. The van der Waals surface area contributed by atoms with Gasteiger partial charge in [0.25, 0.3) is 0 Å². The summed E-state index contributed by atoms with van der Waals surface area (Å²) in [6, 6.07) is 2.87. The summed E-state index contributed by atoms with van der Waals surface area (Å²) in [5.41, 5.74) is -1.72. The van der Waals surface area contributed by atoms with E-state index in [9.17, 15) is 18.4 Å². The Hall–Kier alpha value is -1.98. The number of nitrogens with one attached hydrogen (secondary N) is 2. The number of benzene rings is 1. The van der Waals surface area contributed by atoms with Crippen LogP contribution in [0.1, 0.15) is 33.6 Å². The fourth-order valence-corrected chi connectivity index (χ4v) is 1.98. The van der Waals surface area contributed by atoms with E-state index < -0.39 is 28.5 Å². The van der Waals surface area contributed by atoms with E-state index in [0.29, 0.717) is 18.9 Å². The summed E-state index contributed by atoms with van der Waals surface area (Å²) in [5.74, 6) is -2.52. The monoisotopic (exact) mass is 296 g/mol. The van der Waals surface area contributed by atoms with Crippen molar-refractivity contribution in [2.45, 2.75) is 39.2 Å². The molecule has 2 amide bonds. The number of amides is 2. The highest BCUT2D eigenvalue weighted by atomic mass is 19.1. The molecule has 1 saturated carbocycles. The van der Waals surface area contributed by atoms with E-state index >= 15 is 0 Å². The van der Waals surface area contributed by atoms with E-state index in [0.717, 1.165) is 12.1 Å². The number of anilines is 1. The predicted octanol–water partition coefficient (Wildman–Crippen LogP) is 2.60. The van der Waals surface area contributed by atoms with Crippen LogP contribution < -0.4 is 10.6 Å². The Morgan fingerprint density at radius 2 is 1.76 bits per heavy atom. The van der Waals surface area contributed by atoms with Gasteiger partial charge in [-0.1, -0.05) is 0 Å². The van der Waals surface area contributed by atoms with Gasteiger partial charge >= 0.3 is 0 Å². The van der Waals surface area contributed by atoms with Gasteiger partial charge in [-0.3, -0.25) is 9.59 Å². The number of hydrogen-bond donors (Lipinski definition) is 2. The van der Waals surface area contributed by atoms with Crippen molar-refractivity contribution in [1.29, 1.82) is 0 Å². The van der Waals surface area contributed by atoms with Gasteiger partial charge in [0.05, 0.1) is 5.69 Å². The zero-order chi connectivity index (χ0) is 15.8. The maximum Gasteiger partial charge on any atom is 0.240 e. The Morgan fingerprint density at radius 1 is 1.14 bits per heavy atom. The molecule has 0 aromatic heterocycles. The van der Waals surface area contributed by atoms with Crippen molar-refractivity contribution in [1.82, 2.24) is 5.32 Å². The normalized spacial score (nSPS) is 16.2. The first kappa shape index (κ1) is 15.4. The van der Waals surface area contributed by atoms with E-state index in [-0.39, 0.29) is 11.6 Å². The van der Waals surface area contributed by atoms with Crippen molar-refractivity contribution >= 4 is 17.5 Å². The molecule has 1 aliphatic rings. The lowest BCUT2D eigenvalue weighted by Crippen LogP contribution is -2.48. The molecule has 6 heteroatoms. The standard InChI is InChI=1S/C15H18F2N2O2/c1-14(2,3)19-13(21)15(6-7-15)12(20)18-11-5-4-9(16)8-10(11)17/h4-5,8H,6-7H2,1-3H3,(H,18,20)(H,19,21). The van der Waals surface area contributed by atoms with Crippen molar-refractivity contribution < 1.29 is 18.4 Å². The second-order valence-electron chi connectivity index (χ2n) is 6.36. The first-order valence-corrected chi connectivity index (χ1v) is 6.73. The fourth-order valence-electron chi connectivity index (χ4n) is 1.98. The first-order valence-electron chi connectivity index (χ1n) is 6.73. The van der Waals surface area contributed by atoms with Crippen LogP contribution in [0.2, 0.25) is 0 Å². The SMILES string of the molecule is CC(C)(C)NC(=O)C1(C(=O)Nc2ccc(F)cc2F)CC1. The van der Waals surface area contributed by atoms with Gasteiger partial charge in [0.2, 0.25) is 11.8 Å². The lowest BCUT2D eigenvalue weighted by molar-refractivity contribution is -0.135. The molecule has 0 aliphatic heterocycles. The number of halogens is 2. The Bertz CT molecular complexity index is 590. The Balaban J connectivity index is 2.11.